The lowest BCUT2D eigenvalue weighted by Gasteiger charge is -2.12. The van der Waals surface area contributed by atoms with Gasteiger partial charge in [0.2, 0.25) is 0 Å². The second-order valence-corrected chi connectivity index (χ2v) is 3.63. The van der Waals surface area contributed by atoms with Crippen LogP contribution in [-0.4, -0.2) is 28.5 Å². The molecule has 3 N–H and O–H groups in total. The minimum Gasteiger partial charge on any atom is -0.322 e. The van der Waals surface area contributed by atoms with E-state index in [1.165, 1.54) is 10.2 Å². The van der Waals surface area contributed by atoms with Crippen LogP contribution in [0.5, 0.6) is 0 Å². The summed E-state index contributed by atoms with van der Waals surface area (Å²) in [5, 5.41) is -2.65. The van der Waals surface area contributed by atoms with Crippen LogP contribution in [-0.2, 0) is 4.57 Å². The van der Waals surface area contributed by atoms with Gasteiger partial charge in [-0.15, -0.1) is 0 Å². The number of alkyl halides is 2. The van der Waals surface area contributed by atoms with Gasteiger partial charge in [0.1, 0.15) is 0 Å². The van der Waals surface area contributed by atoms with Crippen molar-refractivity contribution in [1.29, 1.82) is 0 Å². The molecule has 0 amide bonds. The Balaban J connectivity index is 5.10. The molecule has 11 heavy (non-hydrogen) atoms. The molecule has 0 bridgehead atoms. The Morgan fingerprint density at radius 1 is 1.36 bits per heavy atom. The third-order valence-electron chi connectivity index (χ3n) is 0.509. The van der Waals surface area contributed by atoms with E-state index in [0.717, 1.165) is 0 Å². The SMILES string of the molecule is [2H]C([2H])(Br)C([2H])([2H])NP(=O)(O)NC([2H])([2H])C([2H])([2H])Br. The number of nitrogens with one attached hydrogen (secondary N) is 2. The van der Waals surface area contributed by atoms with Crippen LogP contribution in [0, 0.1) is 0 Å². The first kappa shape index (κ1) is 4.07. The van der Waals surface area contributed by atoms with E-state index in [1.807, 2.05) is 0 Å². The highest BCUT2D eigenvalue weighted by atomic mass is 79.9. The number of hydrogen-bond donors (Lipinski definition) is 3. The van der Waals surface area contributed by atoms with Crippen molar-refractivity contribution in [2.24, 2.45) is 0 Å². The van der Waals surface area contributed by atoms with Crippen LogP contribution in [0.25, 0.3) is 0 Å². The van der Waals surface area contributed by atoms with Crippen molar-refractivity contribution in [2.45, 2.75) is 0 Å². The van der Waals surface area contributed by atoms with E-state index in [-0.39, 0.29) is 0 Å². The lowest BCUT2D eigenvalue weighted by molar-refractivity contribution is 0.451. The first-order chi connectivity index (χ1) is 7.91. The van der Waals surface area contributed by atoms with Gasteiger partial charge >= 0.3 is 7.67 Å². The zero-order valence-electron chi connectivity index (χ0n) is 13.1. The van der Waals surface area contributed by atoms with Crippen molar-refractivity contribution in [3.63, 3.8) is 0 Å². The normalized spacial score (nSPS) is 27.9. The number of hydrogen-bond acceptors (Lipinski definition) is 1. The number of halogens is 2. The molecular formula is C4H11Br2N2O2P. The zero-order chi connectivity index (χ0) is 15.9. The van der Waals surface area contributed by atoms with E-state index in [4.69, 9.17) is 11.0 Å². The Morgan fingerprint density at radius 3 is 2.00 bits per heavy atom. The van der Waals surface area contributed by atoms with Crippen LogP contribution in [0.4, 0.5) is 0 Å². The molecule has 0 aromatic carbocycles. The third kappa shape index (κ3) is 7.43. The first-order valence-corrected chi connectivity index (χ1v) is 5.45. The molecule has 0 aliphatic carbocycles. The molecule has 0 heterocycles. The third-order valence-corrected chi connectivity index (χ3v) is 1.74. The van der Waals surface area contributed by atoms with Crippen LogP contribution in [0.1, 0.15) is 11.0 Å². The van der Waals surface area contributed by atoms with Gasteiger partial charge in [-0.3, -0.25) is 4.57 Å². The molecule has 0 saturated heterocycles. The summed E-state index contributed by atoms with van der Waals surface area (Å²) < 4.78 is 68.8. The molecule has 0 rings (SSSR count). The molecule has 68 valence electrons. The van der Waals surface area contributed by atoms with Crippen molar-refractivity contribution in [1.82, 2.24) is 10.2 Å². The van der Waals surface area contributed by atoms with E-state index in [1.54, 1.807) is 0 Å². The molecule has 0 saturated carbocycles. The van der Waals surface area contributed by atoms with Gasteiger partial charge in [-0.05, 0) is 0 Å². The molecule has 0 fully saturated rings. The van der Waals surface area contributed by atoms with Gasteiger partial charge in [0.15, 0.2) is 0 Å². The van der Waals surface area contributed by atoms with Crippen molar-refractivity contribution >= 4 is 39.5 Å². The van der Waals surface area contributed by atoms with E-state index in [2.05, 4.69) is 31.9 Å². The van der Waals surface area contributed by atoms with E-state index >= 15 is 0 Å². The van der Waals surface area contributed by atoms with Gasteiger partial charge in [0.05, 0.1) is 0 Å². The largest absolute Gasteiger partial charge is 0.338 e. The van der Waals surface area contributed by atoms with Crippen LogP contribution >= 0.6 is 39.5 Å². The monoisotopic (exact) mass is 316 g/mol. The van der Waals surface area contributed by atoms with E-state index in [9.17, 15) is 9.46 Å². The van der Waals surface area contributed by atoms with Crippen LogP contribution < -0.4 is 10.2 Å². The molecular weight excluding hydrogens is 299 g/mol. The highest BCUT2D eigenvalue weighted by Crippen LogP contribution is 2.28. The maximum Gasteiger partial charge on any atom is 0.338 e. The van der Waals surface area contributed by atoms with Gasteiger partial charge in [0, 0.05) is 34.5 Å². The maximum atomic E-state index is 11.6. The second kappa shape index (κ2) is 6.57. The summed E-state index contributed by atoms with van der Waals surface area (Å²) in [6.45, 7) is -6.03. The first-order valence-electron chi connectivity index (χ1n) is 6.21. The van der Waals surface area contributed by atoms with Crippen molar-refractivity contribution in [2.75, 3.05) is 23.6 Å². The molecule has 0 aliphatic rings. The van der Waals surface area contributed by atoms with Gasteiger partial charge in [-0.25, -0.2) is 10.2 Å². The fraction of sp³-hybridized carbons (Fsp3) is 1.00. The minimum absolute atomic E-state index is 1.38. The fourth-order valence-electron chi connectivity index (χ4n) is 0.222. The summed E-state index contributed by atoms with van der Waals surface area (Å²) in [7, 11) is -4.92. The molecule has 0 radical (unpaired) electrons. The number of rotatable bonds is 6. The highest BCUT2D eigenvalue weighted by Gasteiger charge is 2.13. The Bertz CT molecular complexity index is 350. The van der Waals surface area contributed by atoms with Crippen molar-refractivity contribution < 1.29 is 20.4 Å². The minimum atomic E-state index is -4.92. The average Bonchev–Trinajstić information content (AvgIpc) is 1.93. The summed E-state index contributed by atoms with van der Waals surface area (Å²) in [5.41, 5.74) is 0. The van der Waals surface area contributed by atoms with Crippen LogP contribution in [0.2, 0.25) is 0 Å². The second-order valence-electron chi connectivity index (χ2n) is 1.24. The summed E-state index contributed by atoms with van der Waals surface area (Å²) in [6.07, 6.45) is 0. The molecule has 7 heteroatoms. The van der Waals surface area contributed by atoms with E-state index in [0.29, 0.717) is 0 Å². The smallest absolute Gasteiger partial charge is 0.322 e. The topological polar surface area (TPSA) is 61.4 Å². The van der Waals surface area contributed by atoms with Crippen molar-refractivity contribution in [3.8, 4) is 0 Å². The lowest BCUT2D eigenvalue weighted by atomic mass is 10.8. The Kier molecular flexibility index (Phi) is 2.43. The van der Waals surface area contributed by atoms with Gasteiger partial charge in [-0.1, -0.05) is 31.9 Å². The molecule has 0 aromatic rings. The van der Waals surface area contributed by atoms with Gasteiger partial charge in [0.25, 0.3) is 0 Å². The molecule has 0 unspecified atom stereocenters. The quantitative estimate of drug-likeness (QED) is 0.506. The Labute approximate surface area is 94.2 Å². The van der Waals surface area contributed by atoms with Gasteiger partial charge in [-0.2, -0.15) is 0 Å². The zero-order valence-corrected chi connectivity index (χ0v) is 9.13. The molecule has 0 spiro atoms. The molecule has 0 atom stereocenters. The molecule has 0 aliphatic heterocycles. The van der Waals surface area contributed by atoms with Crippen LogP contribution in [0.15, 0.2) is 0 Å². The maximum absolute atomic E-state index is 11.6. The summed E-state index contributed by atoms with van der Waals surface area (Å²) in [4.78, 5) is 9.39. The predicted molar refractivity (Wildman–Crippen MR) is 53.4 cm³/mol. The van der Waals surface area contributed by atoms with Crippen molar-refractivity contribution in [3.05, 3.63) is 0 Å². The standard InChI is InChI=1S/C4H11Br2N2O2P/c5-1-3-7-11(9,10)8-4-2-6/h1-4H2,(H3,7,8,9,10)/i1D2,2D2,3D2,4D2. The Morgan fingerprint density at radius 2 is 1.73 bits per heavy atom. The molecule has 0 aromatic heterocycles. The Hall–Kier alpha value is 1.07. The van der Waals surface area contributed by atoms with Gasteiger partial charge < -0.3 is 4.89 Å². The van der Waals surface area contributed by atoms with Crippen LogP contribution in [0.3, 0.4) is 0 Å². The summed E-state index contributed by atoms with van der Waals surface area (Å²) >= 11 is 4.66. The lowest BCUT2D eigenvalue weighted by Crippen LogP contribution is -2.24. The summed E-state index contributed by atoms with van der Waals surface area (Å²) in [6, 6.07) is 0. The fourth-order valence-corrected chi connectivity index (χ4v) is 1.20. The average molecular weight is 318 g/mol. The summed E-state index contributed by atoms with van der Waals surface area (Å²) in [5.74, 6) is 0. The predicted octanol–water partition coefficient (Wildman–Crippen LogP) is 1.06. The molecule has 4 nitrogen and oxygen atoms in total. The van der Waals surface area contributed by atoms with E-state index < -0.39 is 31.2 Å². The highest BCUT2D eigenvalue weighted by molar-refractivity contribution is 9.09.